The summed E-state index contributed by atoms with van der Waals surface area (Å²) in [5.41, 5.74) is 6.20. The summed E-state index contributed by atoms with van der Waals surface area (Å²) in [7, 11) is 1.54. The summed E-state index contributed by atoms with van der Waals surface area (Å²) in [5.74, 6) is 0.560. The van der Waals surface area contributed by atoms with Crippen molar-refractivity contribution >= 4 is 24.0 Å². The van der Waals surface area contributed by atoms with Crippen LogP contribution in [-0.4, -0.2) is 43.0 Å². The summed E-state index contributed by atoms with van der Waals surface area (Å²) in [6.07, 6.45) is 3.21. The van der Waals surface area contributed by atoms with Crippen LogP contribution in [0.1, 0.15) is 32.1 Å². The van der Waals surface area contributed by atoms with Crippen molar-refractivity contribution in [1.82, 2.24) is 0 Å². The van der Waals surface area contributed by atoms with Crippen LogP contribution in [0.3, 0.4) is 0 Å². The van der Waals surface area contributed by atoms with Crippen LogP contribution in [-0.2, 0) is 9.53 Å². The third kappa shape index (κ3) is 6.28. The minimum atomic E-state index is -0.398. The molecule has 1 saturated carbocycles. The predicted molar refractivity (Wildman–Crippen MR) is 95.7 cm³/mol. The van der Waals surface area contributed by atoms with E-state index < -0.39 is 6.10 Å². The lowest BCUT2D eigenvalue weighted by Crippen LogP contribution is -2.34. The molecule has 3 atom stereocenters. The zero-order chi connectivity index (χ0) is 16.7. The van der Waals surface area contributed by atoms with E-state index in [9.17, 15) is 9.90 Å². The Labute approximate surface area is 149 Å². The predicted octanol–water partition coefficient (Wildman–Crippen LogP) is 2.09. The lowest BCUT2D eigenvalue weighted by molar-refractivity contribution is -0.118. The number of nitrogens with two attached hydrogens (primary N) is 1. The van der Waals surface area contributed by atoms with E-state index in [4.69, 9.17) is 15.2 Å². The van der Waals surface area contributed by atoms with Crippen LogP contribution < -0.4 is 15.8 Å². The third-order valence-corrected chi connectivity index (χ3v) is 4.10. The van der Waals surface area contributed by atoms with Crippen LogP contribution in [0.5, 0.6) is 5.75 Å². The van der Waals surface area contributed by atoms with E-state index in [2.05, 4.69) is 5.32 Å². The number of amides is 1. The highest BCUT2D eigenvalue weighted by atomic mass is 35.5. The molecule has 0 aliphatic heterocycles. The molecule has 1 aliphatic carbocycles. The Morgan fingerprint density at radius 1 is 1.33 bits per heavy atom. The molecule has 0 saturated heterocycles. The van der Waals surface area contributed by atoms with Crippen LogP contribution >= 0.6 is 12.4 Å². The van der Waals surface area contributed by atoms with Gasteiger partial charge in [0.15, 0.2) is 0 Å². The maximum atomic E-state index is 11.9. The van der Waals surface area contributed by atoms with Crippen molar-refractivity contribution in [1.29, 1.82) is 0 Å². The van der Waals surface area contributed by atoms with Crippen molar-refractivity contribution in [2.45, 2.75) is 50.4 Å². The molecule has 1 amide bonds. The average molecular weight is 359 g/mol. The molecular formula is C17H27ClN2O4. The standard InChI is InChI=1S/C17H26N2O4.ClH/c1-22-14(11-18)10-17(21)19-12-6-8-13(9-7-12)23-16-5-3-2-4-15(16)20;/h6-9,14-16,20H,2-5,10-11,18H2,1H3,(H,19,21);1H. The van der Waals surface area contributed by atoms with Gasteiger partial charge in [-0.05, 0) is 43.5 Å². The first kappa shape index (κ1) is 20.7. The average Bonchev–Trinajstić information content (AvgIpc) is 2.56. The van der Waals surface area contributed by atoms with Crippen molar-refractivity contribution in [2.24, 2.45) is 5.73 Å². The molecule has 1 aromatic rings. The SMILES string of the molecule is COC(CN)CC(=O)Nc1ccc(OC2CCCCC2O)cc1.Cl. The van der Waals surface area contributed by atoms with Gasteiger partial charge in [0, 0.05) is 19.3 Å². The first-order valence-electron chi connectivity index (χ1n) is 8.10. The van der Waals surface area contributed by atoms with Crippen LogP contribution in [0.4, 0.5) is 5.69 Å². The minimum absolute atomic E-state index is 0. The van der Waals surface area contributed by atoms with Crippen molar-refractivity contribution in [3.63, 3.8) is 0 Å². The van der Waals surface area contributed by atoms with E-state index in [-0.39, 0.29) is 36.9 Å². The van der Waals surface area contributed by atoms with E-state index in [1.54, 1.807) is 24.3 Å². The number of hydrogen-bond donors (Lipinski definition) is 3. The summed E-state index contributed by atoms with van der Waals surface area (Å²) in [6.45, 7) is 0.306. The summed E-state index contributed by atoms with van der Waals surface area (Å²) in [4.78, 5) is 11.9. The quantitative estimate of drug-likeness (QED) is 0.694. The molecule has 1 fully saturated rings. The molecule has 7 heteroatoms. The topological polar surface area (TPSA) is 93.8 Å². The van der Waals surface area contributed by atoms with Crippen LogP contribution in [0, 0.1) is 0 Å². The molecule has 0 aromatic heterocycles. The molecule has 136 valence electrons. The third-order valence-electron chi connectivity index (χ3n) is 4.10. The zero-order valence-electron chi connectivity index (χ0n) is 13.9. The lowest BCUT2D eigenvalue weighted by atomic mass is 9.95. The number of hydrogen-bond acceptors (Lipinski definition) is 5. The molecule has 0 radical (unpaired) electrons. The lowest BCUT2D eigenvalue weighted by Gasteiger charge is -2.28. The Morgan fingerprint density at radius 2 is 2.00 bits per heavy atom. The van der Waals surface area contributed by atoms with E-state index in [1.165, 1.54) is 7.11 Å². The molecule has 0 spiro atoms. The number of benzene rings is 1. The molecule has 0 bridgehead atoms. The number of aliphatic hydroxyl groups excluding tert-OH is 1. The largest absolute Gasteiger partial charge is 0.488 e. The Kier molecular flexibility index (Phi) is 9.07. The first-order valence-corrected chi connectivity index (χ1v) is 8.10. The number of carbonyl (C=O) groups excluding carboxylic acids is 1. The number of carbonyl (C=O) groups is 1. The van der Waals surface area contributed by atoms with Crippen LogP contribution in [0.2, 0.25) is 0 Å². The maximum absolute atomic E-state index is 11.9. The van der Waals surface area contributed by atoms with E-state index in [0.717, 1.165) is 25.7 Å². The van der Waals surface area contributed by atoms with E-state index >= 15 is 0 Å². The van der Waals surface area contributed by atoms with Gasteiger partial charge in [-0.15, -0.1) is 12.4 Å². The highest BCUT2D eigenvalue weighted by molar-refractivity contribution is 5.91. The summed E-state index contributed by atoms with van der Waals surface area (Å²) in [5, 5.41) is 12.7. The first-order chi connectivity index (χ1) is 11.1. The van der Waals surface area contributed by atoms with Gasteiger partial charge in [0.2, 0.25) is 5.91 Å². The fourth-order valence-corrected chi connectivity index (χ4v) is 2.69. The van der Waals surface area contributed by atoms with Gasteiger partial charge in [0.05, 0.1) is 18.6 Å². The van der Waals surface area contributed by atoms with Gasteiger partial charge >= 0.3 is 0 Å². The van der Waals surface area contributed by atoms with Gasteiger partial charge in [0.25, 0.3) is 0 Å². The molecule has 24 heavy (non-hydrogen) atoms. The second kappa shape index (κ2) is 10.5. The number of nitrogens with one attached hydrogen (secondary N) is 1. The smallest absolute Gasteiger partial charge is 0.227 e. The molecule has 3 unspecified atom stereocenters. The number of halogens is 1. The van der Waals surface area contributed by atoms with E-state index in [1.807, 2.05) is 0 Å². The Bertz CT molecular complexity index is 494. The summed E-state index contributed by atoms with van der Waals surface area (Å²) >= 11 is 0. The van der Waals surface area contributed by atoms with Crippen molar-refractivity contribution in [3.05, 3.63) is 24.3 Å². The minimum Gasteiger partial charge on any atom is -0.488 e. The fourth-order valence-electron chi connectivity index (χ4n) is 2.69. The number of ether oxygens (including phenoxy) is 2. The fraction of sp³-hybridized carbons (Fsp3) is 0.588. The van der Waals surface area contributed by atoms with Gasteiger partial charge in [-0.3, -0.25) is 4.79 Å². The highest BCUT2D eigenvalue weighted by Gasteiger charge is 2.24. The number of anilines is 1. The molecule has 0 heterocycles. The number of methoxy groups -OCH3 is 1. The molecule has 1 aliphatic rings. The number of rotatable bonds is 7. The normalized spacial score (nSPS) is 21.5. The van der Waals surface area contributed by atoms with Crippen LogP contribution in [0.25, 0.3) is 0 Å². The van der Waals surface area contributed by atoms with Gasteiger partial charge in [-0.25, -0.2) is 0 Å². The van der Waals surface area contributed by atoms with Crippen molar-refractivity contribution in [2.75, 3.05) is 19.0 Å². The van der Waals surface area contributed by atoms with Gasteiger partial charge in [0.1, 0.15) is 11.9 Å². The molecule has 6 nitrogen and oxygen atoms in total. The summed E-state index contributed by atoms with van der Waals surface area (Å²) < 4.78 is 10.9. The second-order valence-electron chi connectivity index (χ2n) is 5.88. The monoisotopic (exact) mass is 358 g/mol. The molecular weight excluding hydrogens is 332 g/mol. The molecule has 1 aromatic carbocycles. The van der Waals surface area contributed by atoms with Gasteiger partial charge < -0.3 is 25.6 Å². The number of aliphatic hydroxyl groups is 1. The van der Waals surface area contributed by atoms with Gasteiger partial charge in [-0.1, -0.05) is 6.42 Å². The van der Waals surface area contributed by atoms with E-state index in [0.29, 0.717) is 18.0 Å². The van der Waals surface area contributed by atoms with Crippen molar-refractivity contribution < 1.29 is 19.4 Å². The van der Waals surface area contributed by atoms with Gasteiger partial charge in [-0.2, -0.15) is 0 Å². The summed E-state index contributed by atoms with van der Waals surface area (Å²) in [6, 6.07) is 7.17. The van der Waals surface area contributed by atoms with Crippen molar-refractivity contribution in [3.8, 4) is 5.75 Å². The maximum Gasteiger partial charge on any atom is 0.227 e. The Morgan fingerprint density at radius 3 is 2.58 bits per heavy atom. The molecule has 4 N–H and O–H groups in total. The zero-order valence-corrected chi connectivity index (χ0v) is 14.8. The molecule has 2 rings (SSSR count). The second-order valence-corrected chi connectivity index (χ2v) is 5.88. The Hall–Kier alpha value is -1.34. The van der Waals surface area contributed by atoms with Crippen LogP contribution in [0.15, 0.2) is 24.3 Å². The Balaban J connectivity index is 0.00000288. The highest BCUT2D eigenvalue weighted by Crippen LogP contribution is 2.24.